The van der Waals surface area contributed by atoms with E-state index in [-0.39, 0.29) is 45.9 Å². The van der Waals surface area contributed by atoms with Crippen molar-refractivity contribution in [1.29, 1.82) is 0 Å². The van der Waals surface area contributed by atoms with Crippen LogP contribution in [0.3, 0.4) is 0 Å². The Morgan fingerprint density at radius 3 is 1.05 bits per heavy atom. The molecule has 0 aromatic rings. The van der Waals surface area contributed by atoms with E-state index in [0.717, 1.165) is 73.7 Å². The van der Waals surface area contributed by atoms with Gasteiger partial charge in [-0.3, -0.25) is 9.59 Å². The smallest absolute Gasteiger partial charge is 0.305 e. The number of unbranched alkanes of at least 4 members (excludes halogenated alkanes) is 15. The van der Waals surface area contributed by atoms with E-state index in [2.05, 4.69) is 42.0 Å². The molecule has 0 N–H and O–H groups in total. The average molecular weight is 731 g/mol. The maximum Gasteiger partial charge on any atom is 0.305 e. The fraction of sp³-hybridized carbons (Fsp3) is 0.941. The molecular formula is C34H70Br2N2O4. The minimum Gasteiger partial charge on any atom is -1.00 e. The first-order valence-electron chi connectivity index (χ1n) is 17.1. The number of esters is 2. The largest absolute Gasteiger partial charge is 1.00 e. The predicted octanol–water partition coefficient (Wildman–Crippen LogP) is 2.08. The molecule has 0 unspecified atom stereocenters. The summed E-state index contributed by atoms with van der Waals surface area (Å²) >= 11 is 0. The van der Waals surface area contributed by atoms with Crippen LogP contribution < -0.4 is 34.0 Å². The summed E-state index contributed by atoms with van der Waals surface area (Å²) in [7, 11) is 8.93. The zero-order chi connectivity index (χ0) is 30.0. The highest BCUT2D eigenvalue weighted by atomic mass is 79.9. The molecule has 0 aromatic heterocycles. The lowest BCUT2D eigenvalue weighted by Gasteiger charge is -2.29. The zero-order valence-electron chi connectivity index (χ0n) is 28.7. The quantitative estimate of drug-likeness (QED) is 0.0673. The summed E-state index contributed by atoms with van der Waals surface area (Å²) in [4.78, 5) is 24.1. The Kier molecular flexibility index (Phi) is 33.9. The van der Waals surface area contributed by atoms with Crippen molar-refractivity contribution in [2.24, 2.45) is 0 Å². The monoisotopic (exact) mass is 728 g/mol. The molecule has 0 aliphatic heterocycles. The van der Waals surface area contributed by atoms with Gasteiger partial charge in [0.1, 0.15) is 26.3 Å². The Balaban J connectivity index is -0.00000760. The van der Waals surface area contributed by atoms with Gasteiger partial charge in [-0.1, -0.05) is 90.9 Å². The van der Waals surface area contributed by atoms with E-state index >= 15 is 0 Å². The average Bonchev–Trinajstić information content (AvgIpc) is 2.89. The topological polar surface area (TPSA) is 52.6 Å². The molecule has 8 heteroatoms. The van der Waals surface area contributed by atoms with Crippen molar-refractivity contribution in [3.8, 4) is 0 Å². The molecular weight excluding hydrogens is 660 g/mol. The van der Waals surface area contributed by atoms with Crippen LogP contribution in [0.15, 0.2) is 0 Å². The van der Waals surface area contributed by atoms with Crippen molar-refractivity contribution in [2.75, 3.05) is 67.6 Å². The molecule has 0 atom stereocenters. The van der Waals surface area contributed by atoms with Crippen LogP contribution in [0.5, 0.6) is 0 Å². The summed E-state index contributed by atoms with van der Waals surface area (Å²) in [6.45, 7) is 9.63. The standard InChI is InChI=1S/C34H70N2O4.2BrH/c1-7-9-11-13-19-23-27-35(3,4)29-31-39-33(37)25-21-17-15-16-18-22-26-34(38)40-32-30-36(5,6)28-24-20-14-12-10-8-2;;/h7-32H2,1-6H3;2*1H/q+2;;/p-2. The Morgan fingerprint density at radius 2 is 0.714 bits per heavy atom. The van der Waals surface area contributed by atoms with E-state index in [1.54, 1.807) is 0 Å². The van der Waals surface area contributed by atoms with Gasteiger partial charge in [-0.05, 0) is 38.5 Å². The fourth-order valence-corrected chi connectivity index (χ4v) is 5.07. The number of ether oxygens (including phenoxy) is 2. The molecule has 42 heavy (non-hydrogen) atoms. The lowest BCUT2D eigenvalue weighted by Crippen LogP contribution is -3.00. The van der Waals surface area contributed by atoms with Gasteiger partial charge in [-0.2, -0.15) is 0 Å². The molecule has 0 aliphatic rings. The molecule has 0 rings (SSSR count). The maximum absolute atomic E-state index is 12.1. The Hall–Kier alpha value is -0.180. The number of quaternary nitrogens is 2. The van der Waals surface area contributed by atoms with Crippen LogP contribution >= 0.6 is 0 Å². The highest BCUT2D eigenvalue weighted by Crippen LogP contribution is 2.12. The molecule has 0 aromatic carbocycles. The number of hydrogen-bond donors (Lipinski definition) is 0. The van der Waals surface area contributed by atoms with Crippen LogP contribution in [0.2, 0.25) is 0 Å². The molecule has 0 bridgehead atoms. The third kappa shape index (κ3) is 32.7. The first kappa shape index (κ1) is 46.2. The number of carbonyl (C=O) groups is 2. The van der Waals surface area contributed by atoms with Gasteiger partial charge in [-0.25, -0.2) is 0 Å². The van der Waals surface area contributed by atoms with Crippen LogP contribution in [0, 0.1) is 0 Å². The molecule has 0 saturated heterocycles. The summed E-state index contributed by atoms with van der Waals surface area (Å²) in [5.74, 6) is -0.118. The molecule has 0 radical (unpaired) electrons. The van der Waals surface area contributed by atoms with Crippen LogP contribution in [0.1, 0.15) is 142 Å². The number of carbonyl (C=O) groups excluding carboxylic acids is 2. The lowest BCUT2D eigenvalue weighted by atomic mass is 10.1. The summed E-state index contributed by atoms with van der Waals surface area (Å²) < 4.78 is 12.8. The third-order valence-electron chi connectivity index (χ3n) is 8.17. The Morgan fingerprint density at radius 1 is 0.429 bits per heavy atom. The summed E-state index contributed by atoms with van der Waals surface area (Å²) in [5.41, 5.74) is 0. The van der Waals surface area contributed by atoms with Gasteiger partial charge >= 0.3 is 11.9 Å². The van der Waals surface area contributed by atoms with Crippen molar-refractivity contribution in [1.82, 2.24) is 0 Å². The third-order valence-corrected chi connectivity index (χ3v) is 8.17. The first-order chi connectivity index (χ1) is 19.1. The van der Waals surface area contributed by atoms with Crippen molar-refractivity contribution in [3.63, 3.8) is 0 Å². The van der Waals surface area contributed by atoms with E-state index in [1.807, 2.05) is 0 Å². The predicted molar refractivity (Wildman–Crippen MR) is 169 cm³/mol. The van der Waals surface area contributed by atoms with Crippen LogP contribution in [-0.4, -0.2) is 88.5 Å². The minimum absolute atomic E-state index is 0. The number of likely N-dealkylation sites (N-methyl/N-ethyl adjacent to an activating group) is 2. The maximum atomic E-state index is 12.1. The zero-order valence-corrected chi connectivity index (χ0v) is 31.8. The molecule has 0 fully saturated rings. The summed E-state index contributed by atoms with van der Waals surface area (Å²) in [6, 6.07) is 0. The molecule has 6 nitrogen and oxygen atoms in total. The molecule has 0 aliphatic carbocycles. The van der Waals surface area contributed by atoms with Gasteiger partial charge in [-0.15, -0.1) is 0 Å². The van der Waals surface area contributed by atoms with E-state index in [4.69, 9.17) is 9.47 Å². The molecule has 254 valence electrons. The number of rotatable bonds is 29. The SMILES string of the molecule is CCCCCCCC[N+](C)(C)CCOC(=O)CCCCCCCCC(=O)OCC[N+](C)(C)CCCCCCCC.[Br-].[Br-]. The second-order valence-electron chi connectivity index (χ2n) is 13.4. The fourth-order valence-electron chi connectivity index (χ4n) is 5.07. The first-order valence-corrected chi connectivity index (χ1v) is 17.1. The van der Waals surface area contributed by atoms with Crippen LogP contribution in [0.25, 0.3) is 0 Å². The van der Waals surface area contributed by atoms with Crippen molar-refractivity contribution < 1.29 is 62.0 Å². The van der Waals surface area contributed by atoms with E-state index < -0.39 is 0 Å². The van der Waals surface area contributed by atoms with Crippen molar-refractivity contribution in [3.05, 3.63) is 0 Å². The Labute approximate surface area is 282 Å². The normalized spacial score (nSPS) is 11.5. The van der Waals surface area contributed by atoms with Crippen molar-refractivity contribution in [2.45, 2.75) is 142 Å². The van der Waals surface area contributed by atoms with Crippen molar-refractivity contribution >= 4 is 11.9 Å². The second-order valence-corrected chi connectivity index (χ2v) is 13.4. The summed E-state index contributed by atoms with van der Waals surface area (Å²) in [5, 5.41) is 0. The van der Waals surface area contributed by atoms with E-state index in [9.17, 15) is 9.59 Å². The highest BCUT2D eigenvalue weighted by molar-refractivity contribution is 5.69. The van der Waals surface area contributed by atoms with Gasteiger partial charge in [0.05, 0.1) is 41.3 Å². The molecule has 0 heterocycles. The minimum atomic E-state index is -0.0592. The van der Waals surface area contributed by atoms with Gasteiger partial charge in [0.15, 0.2) is 0 Å². The summed E-state index contributed by atoms with van der Waals surface area (Å²) in [6.07, 6.45) is 22.9. The number of hydrogen-bond acceptors (Lipinski definition) is 4. The van der Waals surface area contributed by atoms with Gasteiger partial charge in [0.25, 0.3) is 0 Å². The number of halogens is 2. The van der Waals surface area contributed by atoms with Gasteiger partial charge in [0.2, 0.25) is 0 Å². The molecule has 0 spiro atoms. The van der Waals surface area contributed by atoms with Crippen LogP contribution in [-0.2, 0) is 19.1 Å². The van der Waals surface area contributed by atoms with Gasteiger partial charge < -0.3 is 52.4 Å². The Bertz CT molecular complexity index is 566. The van der Waals surface area contributed by atoms with Gasteiger partial charge in [0, 0.05) is 12.8 Å². The van der Waals surface area contributed by atoms with E-state index in [1.165, 1.54) is 77.0 Å². The second kappa shape index (κ2) is 30.8. The lowest BCUT2D eigenvalue weighted by molar-refractivity contribution is -0.890. The number of nitrogens with zero attached hydrogens (tertiary/aromatic N) is 2. The molecule has 0 saturated carbocycles. The highest BCUT2D eigenvalue weighted by Gasteiger charge is 2.16. The van der Waals surface area contributed by atoms with E-state index in [0.29, 0.717) is 26.1 Å². The van der Waals surface area contributed by atoms with Crippen LogP contribution in [0.4, 0.5) is 0 Å². The molecule has 0 amide bonds.